The van der Waals surface area contributed by atoms with Crippen LogP contribution < -0.4 is 10.6 Å². The molecule has 2 aromatic rings. The van der Waals surface area contributed by atoms with Crippen LogP contribution >= 0.6 is 23.6 Å². The molecular formula is C11H12N4S2. The standard InChI is InChI=1S/C11H12N4S2/c1-15(7-8-3-2-6-17-8)11-9(10(12)16)4-5-13-14-11/h2-6H,7H2,1H3,(H2,12,16). The maximum atomic E-state index is 5.67. The first-order valence-corrected chi connectivity index (χ1v) is 6.32. The van der Waals surface area contributed by atoms with E-state index in [4.69, 9.17) is 18.0 Å². The van der Waals surface area contributed by atoms with Gasteiger partial charge in [0.2, 0.25) is 0 Å². The third-order valence-electron chi connectivity index (χ3n) is 2.30. The molecule has 2 N–H and O–H groups in total. The van der Waals surface area contributed by atoms with E-state index in [0.717, 1.165) is 12.1 Å². The Morgan fingerprint density at radius 1 is 1.53 bits per heavy atom. The minimum absolute atomic E-state index is 0.341. The van der Waals surface area contributed by atoms with Crippen molar-refractivity contribution in [3.8, 4) is 0 Å². The van der Waals surface area contributed by atoms with Crippen molar-refractivity contribution in [2.75, 3.05) is 11.9 Å². The van der Waals surface area contributed by atoms with E-state index in [2.05, 4.69) is 16.3 Å². The highest BCUT2D eigenvalue weighted by atomic mass is 32.1. The molecule has 0 bridgehead atoms. The van der Waals surface area contributed by atoms with Gasteiger partial charge in [-0.25, -0.2) is 0 Å². The SMILES string of the molecule is CN(Cc1cccs1)c1nnccc1C(N)=S. The number of rotatable bonds is 4. The smallest absolute Gasteiger partial charge is 0.161 e. The third kappa shape index (κ3) is 2.78. The fourth-order valence-corrected chi connectivity index (χ4v) is 2.43. The Morgan fingerprint density at radius 3 is 3.00 bits per heavy atom. The summed E-state index contributed by atoms with van der Waals surface area (Å²) in [5.41, 5.74) is 6.42. The van der Waals surface area contributed by atoms with E-state index in [9.17, 15) is 0 Å². The normalized spacial score (nSPS) is 10.2. The van der Waals surface area contributed by atoms with Gasteiger partial charge in [0.15, 0.2) is 5.82 Å². The Bertz CT molecular complexity index is 510. The summed E-state index contributed by atoms with van der Waals surface area (Å²) >= 11 is 6.71. The molecule has 0 saturated heterocycles. The first kappa shape index (κ1) is 11.9. The lowest BCUT2D eigenvalue weighted by Gasteiger charge is -2.19. The van der Waals surface area contributed by atoms with Gasteiger partial charge in [-0.15, -0.1) is 16.4 Å². The van der Waals surface area contributed by atoms with Gasteiger partial charge in [-0.1, -0.05) is 18.3 Å². The lowest BCUT2D eigenvalue weighted by Crippen LogP contribution is -2.22. The van der Waals surface area contributed by atoms with Crippen molar-refractivity contribution < 1.29 is 0 Å². The summed E-state index contributed by atoms with van der Waals surface area (Å²) in [5, 5.41) is 10.0. The quantitative estimate of drug-likeness (QED) is 0.854. The molecule has 88 valence electrons. The molecular weight excluding hydrogens is 252 g/mol. The van der Waals surface area contributed by atoms with Gasteiger partial charge < -0.3 is 10.6 Å². The highest BCUT2D eigenvalue weighted by Gasteiger charge is 2.12. The van der Waals surface area contributed by atoms with E-state index >= 15 is 0 Å². The van der Waals surface area contributed by atoms with Crippen molar-refractivity contribution in [3.05, 3.63) is 40.2 Å². The number of thiocarbonyl (C=S) groups is 1. The summed E-state index contributed by atoms with van der Waals surface area (Å²) in [6.07, 6.45) is 1.59. The molecule has 2 aromatic heterocycles. The zero-order valence-electron chi connectivity index (χ0n) is 9.33. The van der Waals surface area contributed by atoms with E-state index in [1.807, 2.05) is 23.4 Å². The van der Waals surface area contributed by atoms with Crippen LogP contribution in [0.4, 0.5) is 5.82 Å². The van der Waals surface area contributed by atoms with Crippen LogP contribution in [-0.4, -0.2) is 22.2 Å². The molecule has 0 saturated carbocycles. The zero-order valence-corrected chi connectivity index (χ0v) is 11.0. The largest absolute Gasteiger partial charge is 0.389 e. The van der Waals surface area contributed by atoms with Crippen molar-refractivity contribution in [2.45, 2.75) is 6.54 Å². The summed E-state index contributed by atoms with van der Waals surface area (Å²) in [6, 6.07) is 5.90. The molecule has 4 nitrogen and oxygen atoms in total. The molecule has 0 amide bonds. The molecule has 2 rings (SSSR count). The second kappa shape index (κ2) is 5.20. The Balaban J connectivity index is 2.24. The fraction of sp³-hybridized carbons (Fsp3) is 0.182. The van der Waals surface area contributed by atoms with Gasteiger partial charge >= 0.3 is 0 Å². The van der Waals surface area contributed by atoms with Crippen LogP contribution in [0.1, 0.15) is 10.4 Å². The van der Waals surface area contributed by atoms with Crippen LogP contribution in [0.2, 0.25) is 0 Å². The molecule has 0 aliphatic rings. The van der Waals surface area contributed by atoms with E-state index in [1.54, 1.807) is 23.6 Å². The molecule has 6 heteroatoms. The van der Waals surface area contributed by atoms with Crippen molar-refractivity contribution in [1.82, 2.24) is 10.2 Å². The molecule has 0 radical (unpaired) electrons. The van der Waals surface area contributed by atoms with E-state index in [-0.39, 0.29) is 0 Å². The Labute approximate surface area is 109 Å². The van der Waals surface area contributed by atoms with Crippen molar-refractivity contribution in [3.63, 3.8) is 0 Å². The number of hydrogen-bond acceptors (Lipinski definition) is 5. The van der Waals surface area contributed by atoms with Crippen LogP contribution in [-0.2, 0) is 6.54 Å². The highest BCUT2D eigenvalue weighted by molar-refractivity contribution is 7.80. The number of hydrogen-bond donors (Lipinski definition) is 1. The van der Waals surface area contributed by atoms with E-state index < -0.39 is 0 Å². The first-order valence-electron chi connectivity index (χ1n) is 5.03. The van der Waals surface area contributed by atoms with Gasteiger partial charge in [-0.3, -0.25) is 0 Å². The fourth-order valence-electron chi connectivity index (χ4n) is 1.51. The maximum absolute atomic E-state index is 5.67. The van der Waals surface area contributed by atoms with Gasteiger partial charge in [0.05, 0.1) is 18.3 Å². The Morgan fingerprint density at radius 2 is 2.35 bits per heavy atom. The summed E-state index contributed by atoms with van der Waals surface area (Å²) in [4.78, 5) is 3.59. The zero-order chi connectivity index (χ0) is 12.3. The summed E-state index contributed by atoms with van der Waals surface area (Å²) in [7, 11) is 1.95. The second-order valence-electron chi connectivity index (χ2n) is 3.57. The molecule has 0 aliphatic carbocycles. The van der Waals surface area contributed by atoms with Gasteiger partial charge in [0.25, 0.3) is 0 Å². The molecule has 17 heavy (non-hydrogen) atoms. The lowest BCUT2D eigenvalue weighted by atomic mass is 10.2. The first-order chi connectivity index (χ1) is 8.18. The molecule has 0 unspecified atom stereocenters. The third-order valence-corrected chi connectivity index (χ3v) is 3.38. The van der Waals surface area contributed by atoms with Crippen molar-refractivity contribution >= 4 is 34.4 Å². The number of nitrogens with zero attached hydrogens (tertiary/aromatic N) is 3. The van der Waals surface area contributed by atoms with Crippen LogP contribution in [0.3, 0.4) is 0 Å². The summed E-state index contributed by atoms with van der Waals surface area (Å²) in [6.45, 7) is 0.770. The monoisotopic (exact) mass is 264 g/mol. The molecule has 0 spiro atoms. The van der Waals surface area contributed by atoms with Gasteiger partial charge in [-0.05, 0) is 17.5 Å². The number of aromatic nitrogens is 2. The maximum Gasteiger partial charge on any atom is 0.161 e. The Kier molecular flexibility index (Phi) is 3.65. The minimum Gasteiger partial charge on any atom is -0.389 e. The molecule has 0 atom stereocenters. The van der Waals surface area contributed by atoms with E-state index in [0.29, 0.717) is 10.8 Å². The summed E-state index contributed by atoms with van der Waals surface area (Å²) < 4.78 is 0. The van der Waals surface area contributed by atoms with Crippen LogP contribution in [0, 0.1) is 0 Å². The molecule has 2 heterocycles. The molecule has 0 aromatic carbocycles. The molecule has 0 fully saturated rings. The minimum atomic E-state index is 0.341. The number of anilines is 1. The van der Waals surface area contributed by atoms with E-state index in [1.165, 1.54) is 4.88 Å². The van der Waals surface area contributed by atoms with Crippen molar-refractivity contribution in [1.29, 1.82) is 0 Å². The van der Waals surface area contributed by atoms with Crippen LogP contribution in [0.25, 0.3) is 0 Å². The molecule has 0 aliphatic heterocycles. The average Bonchev–Trinajstić information content (AvgIpc) is 2.81. The van der Waals surface area contributed by atoms with Gasteiger partial charge in [-0.2, -0.15) is 5.10 Å². The number of nitrogens with two attached hydrogens (primary N) is 1. The van der Waals surface area contributed by atoms with Crippen LogP contribution in [0.15, 0.2) is 29.8 Å². The van der Waals surface area contributed by atoms with Crippen molar-refractivity contribution in [2.24, 2.45) is 5.73 Å². The highest BCUT2D eigenvalue weighted by Crippen LogP contribution is 2.19. The van der Waals surface area contributed by atoms with Gasteiger partial charge in [0.1, 0.15) is 4.99 Å². The summed E-state index contributed by atoms with van der Waals surface area (Å²) in [5.74, 6) is 0.716. The van der Waals surface area contributed by atoms with Crippen LogP contribution in [0.5, 0.6) is 0 Å². The van der Waals surface area contributed by atoms with Gasteiger partial charge in [0, 0.05) is 11.9 Å². The lowest BCUT2D eigenvalue weighted by molar-refractivity contribution is 0.874. The predicted octanol–water partition coefficient (Wildman–Crippen LogP) is 1.81. The number of thiophene rings is 1. The average molecular weight is 264 g/mol. The second-order valence-corrected chi connectivity index (χ2v) is 5.04. The predicted molar refractivity (Wildman–Crippen MR) is 74.3 cm³/mol. The topological polar surface area (TPSA) is 55.0 Å². The Hall–Kier alpha value is -1.53.